The zero-order chi connectivity index (χ0) is 18.1. The maximum Gasteiger partial charge on any atom is 0.224 e. The summed E-state index contributed by atoms with van der Waals surface area (Å²) in [5.74, 6) is -0.0311. The Labute approximate surface area is 149 Å². The molecule has 1 N–H and O–H groups in total. The number of benzene rings is 2. The van der Waals surface area contributed by atoms with Crippen molar-refractivity contribution in [3.05, 3.63) is 71.3 Å². The van der Waals surface area contributed by atoms with E-state index in [0.29, 0.717) is 25.9 Å². The van der Waals surface area contributed by atoms with Crippen LogP contribution in [0.3, 0.4) is 0 Å². The van der Waals surface area contributed by atoms with Crippen LogP contribution in [-0.4, -0.2) is 30.3 Å². The molecule has 0 radical (unpaired) electrons. The molecule has 0 saturated heterocycles. The SMILES string of the molecule is CCc1ccc(CN(C)C(=O)CCNC(=O)Cc2ccccc2)cc1. The van der Waals surface area contributed by atoms with Crippen LogP contribution < -0.4 is 5.32 Å². The fraction of sp³-hybridized carbons (Fsp3) is 0.333. The van der Waals surface area contributed by atoms with E-state index in [1.807, 2.05) is 30.3 Å². The normalized spacial score (nSPS) is 10.3. The number of hydrogen-bond acceptors (Lipinski definition) is 2. The quantitative estimate of drug-likeness (QED) is 0.804. The van der Waals surface area contributed by atoms with Gasteiger partial charge in [-0.3, -0.25) is 9.59 Å². The first-order valence-electron chi connectivity index (χ1n) is 8.71. The minimum absolute atomic E-state index is 0.0274. The van der Waals surface area contributed by atoms with Crippen molar-refractivity contribution in [3.8, 4) is 0 Å². The minimum Gasteiger partial charge on any atom is -0.355 e. The van der Waals surface area contributed by atoms with E-state index in [0.717, 1.165) is 17.5 Å². The highest BCUT2D eigenvalue weighted by Gasteiger charge is 2.10. The van der Waals surface area contributed by atoms with Gasteiger partial charge in [-0.1, -0.05) is 61.5 Å². The Morgan fingerprint density at radius 1 is 0.920 bits per heavy atom. The molecule has 0 atom stereocenters. The predicted octanol–water partition coefficient (Wildman–Crippen LogP) is 2.96. The molecule has 0 aromatic heterocycles. The van der Waals surface area contributed by atoms with Crippen LogP contribution in [0, 0.1) is 0 Å². The van der Waals surface area contributed by atoms with E-state index in [2.05, 4.69) is 36.5 Å². The Balaban J connectivity index is 1.70. The van der Waals surface area contributed by atoms with Crippen LogP contribution >= 0.6 is 0 Å². The van der Waals surface area contributed by atoms with Crippen LogP contribution in [-0.2, 0) is 29.0 Å². The fourth-order valence-electron chi connectivity index (χ4n) is 2.59. The predicted molar refractivity (Wildman–Crippen MR) is 100 cm³/mol. The molecule has 0 heterocycles. The van der Waals surface area contributed by atoms with Crippen molar-refractivity contribution in [2.24, 2.45) is 0 Å². The van der Waals surface area contributed by atoms with Gasteiger partial charge in [0.1, 0.15) is 0 Å². The summed E-state index contributed by atoms with van der Waals surface area (Å²) < 4.78 is 0. The number of carbonyl (C=O) groups is 2. The lowest BCUT2D eigenvalue weighted by atomic mass is 10.1. The van der Waals surface area contributed by atoms with Crippen molar-refractivity contribution in [1.29, 1.82) is 0 Å². The van der Waals surface area contributed by atoms with Gasteiger partial charge < -0.3 is 10.2 Å². The summed E-state index contributed by atoms with van der Waals surface area (Å²) in [6.45, 7) is 3.07. The second-order valence-electron chi connectivity index (χ2n) is 6.18. The standard InChI is InChI=1S/C21H26N2O2/c1-3-17-9-11-19(12-10-17)16-23(2)21(25)13-14-22-20(24)15-18-7-5-4-6-8-18/h4-12H,3,13-16H2,1-2H3,(H,22,24). The molecule has 2 rings (SSSR count). The van der Waals surface area contributed by atoms with Crippen molar-refractivity contribution in [1.82, 2.24) is 10.2 Å². The first kappa shape index (κ1) is 18.7. The van der Waals surface area contributed by atoms with Crippen molar-refractivity contribution in [2.75, 3.05) is 13.6 Å². The summed E-state index contributed by atoms with van der Waals surface area (Å²) in [7, 11) is 1.79. The third kappa shape index (κ3) is 6.42. The van der Waals surface area contributed by atoms with Crippen LogP contribution in [0.2, 0.25) is 0 Å². The number of nitrogens with one attached hydrogen (secondary N) is 1. The molecule has 0 saturated carbocycles. The molecule has 2 aromatic rings. The van der Waals surface area contributed by atoms with E-state index >= 15 is 0 Å². The summed E-state index contributed by atoms with van der Waals surface area (Å²) in [5, 5.41) is 2.81. The van der Waals surface area contributed by atoms with Gasteiger partial charge in [0, 0.05) is 26.6 Å². The van der Waals surface area contributed by atoms with Crippen molar-refractivity contribution >= 4 is 11.8 Å². The number of rotatable bonds is 8. The van der Waals surface area contributed by atoms with E-state index in [1.165, 1.54) is 5.56 Å². The lowest BCUT2D eigenvalue weighted by molar-refractivity contribution is -0.130. The van der Waals surface area contributed by atoms with E-state index in [4.69, 9.17) is 0 Å². The second-order valence-corrected chi connectivity index (χ2v) is 6.18. The van der Waals surface area contributed by atoms with Crippen LogP contribution in [0.4, 0.5) is 0 Å². The lowest BCUT2D eigenvalue weighted by Gasteiger charge is -2.17. The Morgan fingerprint density at radius 2 is 1.56 bits per heavy atom. The average Bonchev–Trinajstić information content (AvgIpc) is 2.63. The third-order valence-corrected chi connectivity index (χ3v) is 4.15. The molecule has 0 bridgehead atoms. The maximum atomic E-state index is 12.2. The summed E-state index contributed by atoms with van der Waals surface area (Å²) in [4.78, 5) is 25.8. The van der Waals surface area contributed by atoms with Crippen molar-refractivity contribution in [3.63, 3.8) is 0 Å². The molecular formula is C21H26N2O2. The molecule has 0 fully saturated rings. The Bertz CT molecular complexity index is 681. The molecule has 0 aliphatic heterocycles. The molecule has 132 valence electrons. The summed E-state index contributed by atoms with van der Waals surface area (Å²) in [6.07, 6.45) is 1.66. The molecule has 2 aromatic carbocycles. The lowest BCUT2D eigenvalue weighted by Crippen LogP contribution is -2.32. The molecule has 0 aliphatic rings. The maximum absolute atomic E-state index is 12.2. The van der Waals surface area contributed by atoms with Gasteiger partial charge in [-0.15, -0.1) is 0 Å². The zero-order valence-corrected chi connectivity index (χ0v) is 15.0. The summed E-state index contributed by atoms with van der Waals surface area (Å²) >= 11 is 0. The van der Waals surface area contributed by atoms with Crippen LogP contribution in [0.1, 0.15) is 30.0 Å². The van der Waals surface area contributed by atoms with Crippen LogP contribution in [0.25, 0.3) is 0 Å². The van der Waals surface area contributed by atoms with E-state index in [1.54, 1.807) is 11.9 Å². The Kier molecular flexibility index (Phi) is 7.20. The zero-order valence-electron chi connectivity index (χ0n) is 15.0. The highest BCUT2D eigenvalue weighted by molar-refractivity contribution is 5.80. The van der Waals surface area contributed by atoms with E-state index in [-0.39, 0.29) is 11.8 Å². The highest BCUT2D eigenvalue weighted by Crippen LogP contribution is 2.08. The molecule has 0 unspecified atom stereocenters. The molecule has 25 heavy (non-hydrogen) atoms. The van der Waals surface area contributed by atoms with Crippen LogP contribution in [0.15, 0.2) is 54.6 Å². The monoisotopic (exact) mass is 338 g/mol. The molecule has 4 nitrogen and oxygen atoms in total. The Hall–Kier alpha value is -2.62. The van der Waals surface area contributed by atoms with E-state index in [9.17, 15) is 9.59 Å². The molecule has 2 amide bonds. The topological polar surface area (TPSA) is 49.4 Å². The number of hydrogen-bond donors (Lipinski definition) is 1. The fourth-order valence-corrected chi connectivity index (χ4v) is 2.59. The van der Waals surface area contributed by atoms with Gasteiger partial charge in [-0.2, -0.15) is 0 Å². The van der Waals surface area contributed by atoms with Gasteiger partial charge in [0.2, 0.25) is 11.8 Å². The van der Waals surface area contributed by atoms with Crippen molar-refractivity contribution in [2.45, 2.75) is 32.7 Å². The smallest absolute Gasteiger partial charge is 0.224 e. The van der Waals surface area contributed by atoms with Gasteiger partial charge >= 0.3 is 0 Å². The second kappa shape index (κ2) is 9.62. The van der Waals surface area contributed by atoms with Gasteiger partial charge in [-0.25, -0.2) is 0 Å². The van der Waals surface area contributed by atoms with Crippen LogP contribution in [0.5, 0.6) is 0 Å². The van der Waals surface area contributed by atoms with Crippen molar-refractivity contribution < 1.29 is 9.59 Å². The van der Waals surface area contributed by atoms with Gasteiger partial charge in [0.15, 0.2) is 0 Å². The largest absolute Gasteiger partial charge is 0.355 e. The minimum atomic E-state index is -0.0585. The summed E-state index contributed by atoms with van der Waals surface area (Å²) in [6, 6.07) is 17.9. The molecular weight excluding hydrogens is 312 g/mol. The number of amides is 2. The third-order valence-electron chi connectivity index (χ3n) is 4.15. The molecule has 0 aliphatic carbocycles. The van der Waals surface area contributed by atoms with Gasteiger partial charge in [0.05, 0.1) is 6.42 Å². The number of nitrogens with zero attached hydrogens (tertiary/aromatic N) is 1. The Morgan fingerprint density at radius 3 is 2.20 bits per heavy atom. The average molecular weight is 338 g/mol. The molecule has 4 heteroatoms. The first-order valence-corrected chi connectivity index (χ1v) is 8.71. The number of carbonyl (C=O) groups excluding carboxylic acids is 2. The van der Waals surface area contributed by atoms with Gasteiger partial charge in [-0.05, 0) is 23.1 Å². The van der Waals surface area contributed by atoms with E-state index < -0.39 is 0 Å². The van der Waals surface area contributed by atoms with Gasteiger partial charge in [0.25, 0.3) is 0 Å². The highest BCUT2D eigenvalue weighted by atomic mass is 16.2. The number of aryl methyl sites for hydroxylation is 1. The summed E-state index contributed by atoms with van der Waals surface area (Å²) in [5.41, 5.74) is 3.37. The first-order chi connectivity index (χ1) is 12.1. The molecule has 0 spiro atoms.